The van der Waals surface area contributed by atoms with E-state index in [9.17, 15) is 19.8 Å². The molecule has 1 aliphatic rings. The standard InChI is InChI=1S/C34H34N2O9/c1-4-5-12-36-18-24(14-23(33(37)38)13-22-15-30-31(45-20-44-30)17-28(22)42-3)32(35-36)27-11-10-25(41-2)16-29(27)43-19-21-8-6-7-9-26(21)34(39)40/h6-11,14-18H,4-5,12-13,19-20H2,1-3H3,(H,37,38)(H,39,40). The second-order valence-corrected chi connectivity index (χ2v) is 10.3. The van der Waals surface area contributed by atoms with Crippen LogP contribution in [0.15, 0.2) is 66.4 Å². The predicted octanol–water partition coefficient (Wildman–Crippen LogP) is 6.08. The summed E-state index contributed by atoms with van der Waals surface area (Å²) in [5, 5.41) is 24.8. The van der Waals surface area contributed by atoms with Crippen LogP contribution >= 0.6 is 0 Å². The first kappa shape index (κ1) is 31.0. The molecule has 0 spiro atoms. The molecule has 5 rings (SSSR count). The molecule has 1 aromatic heterocycles. The van der Waals surface area contributed by atoms with Crippen LogP contribution in [0.2, 0.25) is 0 Å². The third-order valence-electron chi connectivity index (χ3n) is 7.37. The summed E-state index contributed by atoms with van der Waals surface area (Å²) in [5.41, 5.74) is 3.04. The number of ether oxygens (including phenoxy) is 5. The van der Waals surface area contributed by atoms with Gasteiger partial charge in [0.05, 0.1) is 19.8 Å². The summed E-state index contributed by atoms with van der Waals surface area (Å²) in [5.74, 6) is 0.323. The molecule has 0 saturated carbocycles. The van der Waals surface area contributed by atoms with Gasteiger partial charge in [0.1, 0.15) is 29.5 Å². The summed E-state index contributed by atoms with van der Waals surface area (Å²) in [6.07, 6.45) is 5.29. The highest BCUT2D eigenvalue weighted by molar-refractivity contribution is 5.94. The van der Waals surface area contributed by atoms with Crippen molar-refractivity contribution in [3.63, 3.8) is 0 Å². The Labute approximate surface area is 260 Å². The molecule has 0 unspecified atom stereocenters. The number of carbonyl (C=O) groups is 2. The lowest BCUT2D eigenvalue weighted by Gasteiger charge is -2.14. The van der Waals surface area contributed by atoms with E-state index in [1.165, 1.54) is 20.3 Å². The fraction of sp³-hybridized carbons (Fsp3) is 0.265. The number of aryl methyl sites for hydroxylation is 1. The van der Waals surface area contributed by atoms with Crippen molar-refractivity contribution in [1.29, 1.82) is 0 Å². The van der Waals surface area contributed by atoms with Gasteiger partial charge in [0.2, 0.25) is 6.79 Å². The molecular formula is C34H34N2O9. The number of unbranched alkanes of at least 4 members (excludes halogenated alkanes) is 1. The highest BCUT2D eigenvalue weighted by Crippen LogP contribution is 2.40. The SMILES string of the molecule is CCCCn1cc(C=C(Cc2cc3c(cc2OC)OCO3)C(=O)O)c(-c2ccc(OC)cc2OCc2ccccc2C(=O)O)n1. The lowest BCUT2D eigenvalue weighted by atomic mass is 9.99. The molecule has 0 saturated heterocycles. The highest BCUT2D eigenvalue weighted by Gasteiger charge is 2.22. The van der Waals surface area contributed by atoms with E-state index in [4.69, 9.17) is 28.8 Å². The number of benzene rings is 3. The van der Waals surface area contributed by atoms with Crippen molar-refractivity contribution in [3.8, 4) is 40.0 Å². The van der Waals surface area contributed by atoms with E-state index in [1.54, 1.807) is 59.3 Å². The first-order chi connectivity index (χ1) is 21.8. The zero-order valence-corrected chi connectivity index (χ0v) is 25.2. The summed E-state index contributed by atoms with van der Waals surface area (Å²) in [4.78, 5) is 24.4. The van der Waals surface area contributed by atoms with Gasteiger partial charge in [0.15, 0.2) is 11.5 Å². The van der Waals surface area contributed by atoms with Gasteiger partial charge in [-0.05, 0) is 36.8 Å². The number of nitrogens with zero attached hydrogens (tertiary/aromatic N) is 2. The van der Waals surface area contributed by atoms with Gasteiger partial charge >= 0.3 is 11.9 Å². The summed E-state index contributed by atoms with van der Waals surface area (Å²) < 4.78 is 29.9. The quantitative estimate of drug-likeness (QED) is 0.161. The monoisotopic (exact) mass is 614 g/mol. The van der Waals surface area contributed by atoms with E-state index in [1.807, 2.05) is 6.20 Å². The second kappa shape index (κ2) is 13.9. The number of aromatic carboxylic acids is 1. The van der Waals surface area contributed by atoms with Crippen molar-refractivity contribution in [2.24, 2.45) is 0 Å². The van der Waals surface area contributed by atoms with Crippen molar-refractivity contribution in [3.05, 3.63) is 88.6 Å². The number of fused-ring (bicyclic) bond motifs is 1. The van der Waals surface area contributed by atoms with E-state index < -0.39 is 11.9 Å². The number of hydrogen-bond donors (Lipinski definition) is 2. The minimum atomic E-state index is -1.10. The largest absolute Gasteiger partial charge is 0.497 e. The van der Waals surface area contributed by atoms with Gasteiger partial charge in [0, 0.05) is 59.1 Å². The summed E-state index contributed by atoms with van der Waals surface area (Å²) in [7, 11) is 3.05. The maximum atomic E-state index is 12.6. The van der Waals surface area contributed by atoms with Gasteiger partial charge < -0.3 is 33.9 Å². The zero-order valence-electron chi connectivity index (χ0n) is 25.2. The van der Waals surface area contributed by atoms with Crippen molar-refractivity contribution < 1.29 is 43.5 Å². The van der Waals surface area contributed by atoms with E-state index in [0.29, 0.717) is 63.2 Å². The zero-order chi connectivity index (χ0) is 31.9. The van der Waals surface area contributed by atoms with Gasteiger partial charge in [-0.1, -0.05) is 31.5 Å². The topological polar surface area (TPSA) is 139 Å². The van der Waals surface area contributed by atoms with Crippen LogP contribution in [0.4, 0.5) is 0 Å². The molecular weight excluding hydrogens is 580 g/mol. The Bertz CT molecular complexity index is 1740. The Balaban J connectivity index is 1.57. The maximum Gasteiger partial charge on any atom is 0.336 e. The van der Waals surface area contributed by atoms with Crippen LogP contribution in [0.3, 0.4) is 0 Å². The van der Waals surface area contributed by atoms with E-state index >= 15 is 0 Å². The van der Waals surface area contributed by atoms with Gasteiger partial charge in [-0.3, -0.25) is 4.68 Å². The summed E-state index contributed by atoms with van der Waals surface area (Å²) in [6, 6.07) is 15.3. The number of methoxy groups -OCH3 is 2. The average Bonchev–Trinajstić information content (AvgIpc) is 3.68. The van der Waals surface area contributed by atoms with E-state index in [2.05, 4.69) is 6.92 Å². The number of carboxylic acids is 2. The fourth-order valence-electron chi connectivity index (χ4n) is 5.02. The highest BCUT2D eigenvalue weighted by atomic mass is 16.7. The van der Waals surface area contributed by atoms with E-state index in [-0.39, 0.29) is 31.0 Å². The Morgan fingerprint density at radius 1 is 0.978 bits per heavy atom. The van der Waals surface area contributed by atoms with Crippen molar-refractivity contribution in [2.45, 2.75) is 39.3 Å². The minimum Gasteiger partial charge on any atom is -0.497 e. The van der Waals surface area contributed by atoms with Crippen LogP contribution < -0.4 is 23.7 Å². The Kier molecular flexibility index (Phi) is 9.57. The lowest BCUT2D eigenvalue weighted by molar-refractivity contribution is -0.132. The molecule has 3 aromatic carbocycles. The van der Waals surface area contributed by atoms with E-state index in [0.717, 1.165) is 12.8 Å². The first-order valence-corrected chi connectivity index (χ1v) is 14.4. The fourth-order valence-corrected chi connectivity index (χ4v) is 5.02. The van der Waals surface area contributed by atoms with Gasteiger partial charge in [-0.15, -0.1) is 0 Å². The molecule has 0 fully saturated rings. The van der Waals surface area contributed by atoms with Crippen LogP contribution in [-0.4, -0.2) is 52.9 Å². The van der Waals surface area contributed by atoms with Gasteiger partial charge in [-0.2, -0.15) is 5.10 Å². The Morgan fingerprint density at radius 2 is 1.76 bits per heavy atom. The molecule has 2 heterocycles. The van der Waals surface area contributed by atoms with Crippen molar-refractivity contribution >= 4 is 18.0 Å². The van der Waals surface area contributed by atoms with Crippen LogP contribution in [0, 0.1) is 0 Å². The maximum absolute atomic E-state index is 12.6. The number of aromatic nitrogens is 2. The van der Waals surface area contributed by atoms with Crippen LogP contribution in [-0.2, 0) is 24.4 Å². The van der Waals surface area contributed by atoms with Crippen LogP contribution in [0.1, 0.15) is 46.8 Å². The van der Waals surface area contributed by atoms with Crippen molar-refractivity contribution in [1.82, 2.24) is 9.78 Å². The minimum absolute atomic E-state index is 0.0192. The molecule has 0 amide bonds. The summed E-state index contributed by atoms with van der Waals surface area (Å²) >= 11 is 0. The van der Waals surface area contributed by atoms with Crippen molar-refractivity contribution in [2.75, 3.05) is 21.0 Å². The lowest BCUT2D eigenvalue weighted by Crippen LogP contribution is -2.06. The Hall–Kier alpha value is -5.45. The molecule has 45 heavy (non-hydrogen) atoms. The predicted molar refractivity (Wildman–Crippen MR) is 165 cm³/mol. The molecule has 0 bridgehead atoms. The average molecular weight is 615 g/mol. The van der Waals surface area contributed by atoms with Gasteiger partial charge in [0.25, 0.3) is 0 Å². The smallest absolute Gasteiger partial charge is 0.336 e. The number of rotatable bonds is 14. The molecule has 0 radical (unpaired) electrons. The molecule has 1 aliphatic heterocycles. The van der Waals surface area contributed by atoms with Crippen LogP contribution in [0.25, 0.3) is 17.3 Å². The van der Waals surface area contributed by atoms with Crippen LogP contribution in [0.5, 0.6) is 28.7 Å². The van der Waals surface area contributed by atoms with Gasteiger partial charge in [-0.25, -0.2) is 9.59 Å². The molecule has 11 nitrogen and oxygen atoms in total. The second-order valence-electron chi connectivity index (χ2n) is 10.3. The normalized spacial score (nSPS) is 12.2. The third kappa shape index (κ3) is 7.04. The number of hydrogen-bond acceptors (Lipinski definition) is 8. The number of carboxylic acid groups (broad SMARTS) is 2. The first-order valence-electron chi connectivity index (χ1n) is 14.4. The molecule has 0 aliphatic carbocycles. The summed E-state index contributed by atoms with van der Waals surface area (Å²) in [6.45, 7) is 2.78. The molecule has 0 atom stereocenters. The third-order valence-corrected chi connectivity index (χ3v) is 7.37. The number of aliphatic carboxylic acids is 1. The molecule has 2 N–H and O–H groups in total. The molecule has 234 valence electrons. The molecule has 11 heteroatoms. The molecule has 4 aromatic rings. The Morgan fingerprint density at radius 3 is 2.47 bits per heavy atom.